The van der Waals surface area contributed by atoms with Crippen LogP contribution in [-0.2, 0) is 11.8 Å². The van der Waals surface area contributed by atoms with E-state index >= 15 is 0 Å². The van der Waals surface area contributed by atoms with E-state index in [1.165, 1.54) is 0 Å². The Labute approximate surface area is 145 Å². The predicted octanol–water partition coefficient (Wildman–Crippen LogP) is -0.997. The van der Waals surface area contributed by atoms with Crippen LogP contribution in [0.2, 0.25) is 0 Å². The average Bonchev–Trinajstić information content (AvgIpc) is 2.29. The molecule has 0 unspecified atom stereocenters. The number of carbonyl (C=O) groups excluding carboxylic acids is 1. The van der Waals surface area contributed by atoms with Crippen molar-refractivity contribution in [1.82, 2.24) is 4.57 Å². The van der Waals surface area contributed by atoms with E-state index in [1.807, 2.05) is 43.8 Å². The number of aldehydes is 1. The molecule has 3 nitrogen and oxygen atoms in total. The molecule has 0 spiro atoms. The Morgan fingerprint density at radius 3 is 2.82 bits per heavy atom. The number of nitrogens with zero attached hydrogens (tertiary/aromatic N) is 2. The molecule has 0 aliphatic rings. The second-order valence-electron chi connectivity index (χ2n) is 3.68. The van der Waals surface area contributed by atoms with Crippen molar-refractivity contribution in [3.05, 3.63) is 41.2 Å². The van der Waals surface area contributed by atoms with Crippen LogP contribution in [0.15, 0.2) is 34.6 Å². The quantitative estimate of drug-likeness (QED) is 0.295. The summed E-state index contributed by atoms with van der Waals surface area (Å²) in [6.07, 6.45) is 4.52. The van der Waals surface area contributed by atoms with Crippen LogP contribution < -0.4 is 56.9 Å². The summed E-state index contributed by atoms with van der Waals surface area (Å²) in [5.74, 6) is 0. The maximum Gasteiger partial charge on any atom is 1.00 e. The van der Waals surface area contributed by atoms with Crippen LogP contribution in [0.25, 0.3) is 0 Å². The second-order valence-corrected chi connectivity index (χ2v) is 3.68. The summed E-state index contributed by atoms with van der Waals surface area (Å²) in [6.45, 7) is 3.91. The third kappa shape index (κ3) is 5.44. The van der Waals surface area contributed by atoms with Gasteiger partial charge in [-0.2, -0.15) is 6.07 Å². The van der Waals surface area contributed by atoms with Crippen LogP contribution in [0.5, 0.6) is 0 Å². The predicted molar refractivity (Wildman–Crippen MR) is 63.5 cm³/mol. The Hall–Kier alpha value is -0.00364. The molecule has 0 aliphatic carbocycles. The summed E-state index contributed by atoms with van der Waals surface area (Å²) < 4.78 is 1.87. The number of pyridine rings is 1. The number of aromatic nitrogens is 1. The van der Waals surface area contributed by atoms with E-state index in [4.69, 9.17) is 0 Å². The molecule has 0 N–H and O–H groups in total. The van der Waals surface area contributed by atoms with Crippen molar-refractivity contribution in [2.45, 2.75) is 26.7 Å². The van der Waals surface area contributed by atoms with Crippen molar-refractivity contribution in [1.29, 1.82) is 0 Å². The number of aryl methyl sites for hydroxylation is 1. The molecule has 1 rings (SSSR count). The molecule has 17 heavy (non-hydrogen) atoms. The Morgan fingerprint density at radius 1 is 1.59 bits per heavy atom. The molecule has 0 radical (unpaired) electrons. The Morgan fingerprint density at radius 2 is 2.29 bits per heavy atom. The number of allylic oxidation sites excluding steroid dienone is 2. The molecule has 86 valence electrons. The van der Waals surface area contributed by atoms with Gasteiger partial charge in [0.25, 0.3) is 0 Å². The monoisotopic (exact) mass is 256 g/mol. The second kappa shape index (κ2) is 9.00. The molecule has 4 heteroatoms. The smallest absolute Gasteiger partial charge is 0.369 e. The molecule has 1 aromatic heterocycles. The zero-order valence-corrected chi connectivity index (χ0v) is 14.1. The fourth-order valence-corrected chi connectivity index (χ4v) is 1.40. The molecule has 1 aromatic rings. The first kappa shape index (κ1) is 17.0. The zero-order valence-electron chi connectivity index (χ0n) is 11.0. The van der Waals surface area contributed by atoms with Gasteiger partial charge in [-0.25, -0.2) is 12.1 Å². The first-order chi connectivity index (χ1) is 7.69. The largest absolute Gasteiger partial charge is 1.00 e. The fraction of sp³-hybridized carbons (Fsp3) is 0.385. The average molecular weight is 256 g/mol. The molecule has 0 saturated carbocycles. The third-order valence-electron chi connectivity index (χ3n) is 2.35. The van der Waals surface area contributed by atoms with E-state index in [0.29, 0.717) is 0 Å². The summed E-state index contributed by atoms with van der Waals surface area (Å²) in [4.78, 5) is 15.3. The first-order valence-corrected chi connectivity index (χ1v) is 5.42. The normalized spacial score (nSPS) is 12.8. The van der Waals surface area contributed by atoms with Crippen LogP contribution in [0.3, 0.4) is 0 Å². The van der Waals surface area contributed by atoms with Gasteiger partial charge in [0.05, 0.1) is 0 Å². The third-order valence-corrected chi connectivity index (χ3v) is 2.35. The topological polar surface area (TPSA) is 34.4 Å². The van der Waals surface area contributed by atoms with Crippen LogP contribution in [-0.4, -0.2) is 10.9 Å². The van der Waals surface area contributed by atoms with Gasteiger partial charge in [-0.1, -0.05) is 19.5 Å². The number of carbonyl (C=O) groups is 1. The standard InChI is InChI=1S/C13H17N2O.K/c1-4-7-12(10-16)11(2)14-13-8-5-6-9-15(13)3;/h5-6,9-10H,4,7H2,1-3H3;/q-1;+1/b12-11-,14-13?;. The molecule has 0 aliphatic heterocycles. The maximum absolute atomic E-state index is 10.9. The molecule has 0 bridgehead atoms. The summed E-state index contributed by atoms with van der Waals surface area (Å²) >= 11 is 0. The van der Waals surface area contributed by atoms with Gasteiger partial charge in [0, 0.05) is 23.8 Å². The molecule has 0 fully saturated rings. The van der Waals surface area contributed by atoms with Gasteiger partial charge in [-0.3, -0.25) is 9.79 Å². The summed E-state index contributed by atoms with van der Waals surface area (Å²) in [6, 6.07) is 6.74. The van der Waals surface area contributed by atoms with Crippen molar-refractivity contribution in [3.8, 4) is 0 Å². The molecule has 0 aromatic carbocycles. The van der Waals surface area contributed by atoms with Crippen molar-refractivity contribution >= 4 is 6.29 Å². The first-order valence-electron chi connectivity index (χ1n) is 5.42. The van der Waals surface area contributed by atoms with Crippen molar-refractivity contribution in [2.75, 3.05) is 0 Å². The van der Waals surface area contributed by atoms with Gasteiger partial charge in [-0.05, 0) is 13.3 Å². The van der Waals surface area contributed by atoms with Crippen molar-refractivity contribution < 1.29 is 56.2 Å². The van der Waals surface area contributed by atoms with Crippen LogP contribution in [0, 0.1) is 6.07 Å². The minimum Gasteiger partial charge on any atom is -0.369 e. The van der Waals surface area contributed by atoms with Gasteiger partial charge < -0.3 is 4.57 Å². The van der Waals surface area contributed by atoms with E-state index < -0.39 is 0 Å². The molecule has 0 amide bonds. The van der Waals surface area contributed by atoms with Gasteiger partial charge >= 0.3 is 51.4 Å². The fourth-order valence-electron chi connectivity index (χ4n) is 1.40. The van der Waals surface area contributed by atoms with Crippen molar-refractivity contribution in [2.24, 2.45) is 12.0 Å². The summed E-state index contributed by atoms with van der Waals surface area (Å²) in [7, 11) is 1.91. The number of hydrogen-bond donors (Lipinski definition) is 0. The van der Waals surface area contributed by atoms with Crippen LogP contribution in [0.1, 0.15) is 26.7 Å². The Balaban J connectivity index is 0.00000256. The molecular formula is C13H17KN2O. The van der Waals surface area contributed by atoms with E-state index in [-0.39, 0.29) is 51.4 Å². The summed E-state index contributed by atoms with van der Waals surface area (Å²) in [5, 5.41) is 0. The molecule has 0 saturated heterocycles. The van der Waals surface area contributed by atoms with E-state index in [0.717, 1.165) is 35.9 Å². The van der Waals surface area contributed by atoms with Gasteiger partial charge in [0.1, 0.15) is 6.29 Å². The molecule has 1 heterocycles. The maximum atomic E-state index is 10.9. The Kier molecular flexibility index (Phi) is 8.99. The van der Waals surface area contributed by atoms with Crippen LogP contribution in [0.4, 0.5) is 0 Å². The van der Waals surface area contributed by atoms with E-state index in [2.05, 4.69) is 11.1 Å². The van der Waals surface area contributed by atoms with E-state index in [1.54, 1.807) is 0 Å². The van der Waals surface area contributed by atoms with Crippen LogP contribution >= 0.6 is 0 Å². The zero-order chi connectivity index (χ0) is 12.0. The molecule has 0 atom stereocenters. The summed E-state index contributed by atoms with van der Waals surface area (Å²) in [5.41, 5.74) is 2.27. The van der Waals surface area contributed by atoms with Gasteiger partial charge in [-0.15, -0.1) is 0 Å². The van der Waals surface area contributed by atoms with Crippen molar-refractivity contribution in [3.63, 3.8) is 0 Å². The molecular weight excluding hydrogens is 239 g/mol. The van der Waals surface area contributed by atoms with E-state index in [9.17, 15) is 4.79 Å². The number of hydrogen-bond acceptors (Lipinski definition) is 2. The number of rotatable bonds is 4. The minimum absolute atomic E-state index is 0. The minimum atomic E-state index is 0. The SMILES string of the molecule is CCC/C(C=O)=C(\C)N=c1[c-]cccn1C.[K+]. The Bertz CT molecular complexity index is 460. The van der Waals surface area contributed by atoms with Gasteiger partial charge in [0.2, 0.25) is 0 Å². The van der Waals surface area contributed by atoms with Gasteiger partial charge in [0.15, 0.2) is 0 Å².